The first-order valence-electron chi connectivity index (χ1n) is 13.6. The van der Waals surface area contributed by atoms with Gasteiger partial charge in [-0.25, -0.2) is 0 Å². The predicted molar refractivity (Wildman–Crippen MR) is 183 cm³/mol. The summed E-state index contributed by atoms with van der Waals surface area (Å²) in [7, 11) is 7.78. The van der Waals surface area contributed by atoms with Gasteiger partial charge in [0.05, 0.1) is 21.4 Å². The number of carbonyl (C=O) groups excluding carboxylic acids is 1. The predicted octanol–water partition coefficient (Wildman–Crippen LogP) is 9.59. The summed E-state index contributed by atoms with van der Waals surface area (Å²) in [5, 5.41) is 1.23. The highest BCUT2D eigenvalue weighted by Gasteiger charge is 2.14. The highest BCUT2D eigenvalue weighted by atomic mass is 35.5. The zero-order valence-corrected chi connectivity index (χ0v) is 25.8. The maximum Gasteiger partial charge on any atom is 0.193 e. The summed E-state index contributed by atoms with van der Waals surface area (Å²) in [5.74, 6) is -0.130. The molecule has 0 atom stereocenters. The number of hydrogen-bond donors (Lipinski definition) is 0. The van der Waals surface area contributed by atoms with Crippen molar-refractivity contribution in [1.82, 2.24) is 0 Å². The van der Waals surface area contributed by atoms with E-state index < -0.39 is 0 Å². The fraction of sp³-hybridized carbons (Fsp3) is 0.108. The van der Waals surface area contributed by atoms with E-state index in [1.54, 1.807) is 0 Å². The molecule has 0 amide bonds. The van der Waals surface area contributed by atoms with Gasteiger partial charge in [-0.2, -0.15) is 0 Å². The Morgan fingerprint density at radius 3 is 1.26 bits per heavy atom. The van der Waals surface area contributed by atoms with Gasteiger partial charge in [0.15, 0.2) is 5.78 Å². The van der Waals surface area contributed by atoms with Gasteiger partial charge in [-0.05, 0) is 58.7 Å². The van der Waals surface area contributed by atoms with Gasteiger partial charge in [-0.1, -0.05) is 120 Å². The van der Waals surface area contributed by atoms with Crippen LogP contribution in [-0.4, -0.2) is 34.0 Å². The molecule has 0 aliphatic rings. The molecule has 42 heavy (non-hydrogen) atoms. The van der Waals surface area contributed by atoms with E-state index in [0.717, 1.165) is 33.6 Å². The van der Waals surface area contributed by atoms with E-state index in [4.69, 9.17) is 23.2 Å². The Kier molecular flexibility index (Phi) is 10.6. The Bertz CT molecular complexity index is 1530. The Balaban J connectivity index is 1.82. The van der Waals surface area contributed by atoms with Crippen molar-refractivity contribution < 1.29 is 4.79 Å². The summed E-state index contributed by atoms with van der Waals surface area (Å²) >= 11 is 13.2. The largest absolute Gasteiger partial charge is 0.376 e. The normalized spacial score (nSPS) is 12.2. The molecule has 0 bridgehead atoms. The molecular formula is C37H34Cl2N2O. The van der Waals surface area contributed by atoms with Gasteiger partial charge >= 0.3 is 0 Å². The second kappa shape index (κ2) is 14.5. The van der Waals surface area contributed by atoms with Crippen molar-refractivity contribution in [2.75, 3.05) is 38.0 Å². The molecule has 3 nitrogen and oxygen atoms in total. The van der Waals surface area contributed by atoms with E-state index in [1.165, 1.54) is 0 Å². The number of nitrogens with zero attached hydrogens (tertiary/aromatic N) is 2. The first-order valence-corrected chi connectivity index (χ1v) is 14.3. The second-order valence-corrected chi connectivity index (χ2v) is 11.0. The summed E-state index contributed by atoms with van der Waals surface area (Å²) in [4.78, 5) is 18.2. The van der Waals surface area contributed by atoms with E-state index in [1.807, 2.05) is 172 Å². The smallest absolute Gasteiger partial charge is 0.193 e. The van der Waals surface area contributed by atoms with Crippen molar-refractivity contribution >= 4 is 64.7 Å². The highest BCUT2D eigenvalue weighted by Crippen LogP contribution is 2.29. The third-order valence-electron chi connectivity index (χ3n) is 6.59. The summed E-state index contributed by atoms with van der Waals surface area (Å²) < 4.78 is 0. The van der Waals surface area contributed by atoms with Gasteiger partial charge in [-0.3, -0.25) is 4.79 Å². The highest BCUT2D eigenvalue weighted by molar-refractivity contribution is 6.34. The van der Waals surface area contributed by atoms with Crippen LogP contribution in [0.3, 0.4) is 0 Å². The maximum atomic E-state index is 14.3. The minimum Gasteiger partial charge on any atom is -0.376 e. The van der Waals surface area contributed by atoms with Crippen LogP contribution in [0.5, 0.6) is 0 Å². The molecule has 0 radical (unpaired) electrons. The molecule has 0 heterocycles. The van der Waals surface area contributed by atoms with Crippen LogP contribution in [0.1, 0.15) is 22.3 Å². The zero-order chi connectivity index (χ0) is 30.1. The molecule has 4 rings (SSSR count). The number of allylic oxidation sites excluding steroid dienone is 4. The van der Waals surface area contributed by atoms with Crippen LogP contribution < -0.4 is 9.80 Å². The molecule has 0 saturated heterocycles. The lowest BCUT2D eigenvalue weighted by Gasteiger charge is -2.15. The lowest BCUT2D eigenvalue weighted by molar-refractivity contribution is -0.111. The molecule has 0 spiro atoms. The van der Waals surface area contributed by atoms with E-state index in [-0.39, 0.29) is 5.78 Å². The number of hydrogen-bond acceptors (Lipinski definition) is 3. The quantitative estimate of drug-likeness (QED) is 0.135. The average molecular weight is 594 g/mol. The number of Topliss-reactive ketones (excluding diaryl/α,β-unsaturated/α-hetero) is 1. The molecule has 0 N–H and O–H groups in total. The molecule has 4 aromatic rings. The van der Waals surface area contributed by atoms with E-state index in [0.29, 0.717) is 21.2 Å². The molecule has 0 fully saturated rings. The molecule has 0 unspecified atom stereocenters. The molecule has 4 aromatic carbocycles. The van der Waals surface area contributed by atoms with Gasteiger partial charge < -0.3 is 9.80 Å². The third kappa shape index (κ3) is 8.36. The molecule has 0 aliphatic carbocycles. The lowest BCUT2D eigenvalue weighted by atomic mass is 9.96. The van der Waals surface area contributed by atoms with Crippen LogP contribution in [-0.2, 0) is 4.79 Å². The fourth-order valence-corrected chi connectivity index (χ4v) is 5.07. The Labute approximate surface area is 259 Å². The SMILES string of the molecule is CN(C)c1ccc(C=C(C=Cc2ccccc2)C(=O)C(C=Cc2ccccc2)=Cc2ccc(N(C)C)c(Cl)c2)cc1Cl. The standard InChI is InChI=1S/C37H34Cl2N2O/c1-40(2)35-21-17-29(25-33(35)38)23-31(19-15-27-11-7-5-8-12-27)37(42)32(20-16-28-13-9-6-10-14-28)24-30-18-22-36(41(3)4)34(39)26-30/h5-26H,1-4H3. The minimum atomic E-state index is -0.130. The van der Waals surface area contributed by atoms with E-state index in [9.17, 15) is 4.79 Å². The summed E-state index contributed by atoms with van der Waals surface area (Å²) in [6.07, 6.45) is 11.4. The Hall–Kier alpha value is -4.31. The lowest BCUT2D eigenvalue weighted by Crippen LogP contribution is -2.09. The number of rotatable bonds is 10. The average Bonchev–Trinajstić information content (AvgIpc) is 2.97. The monoisotopic (exact) mass is 592 g/mol. The van der Waals surface area contributed by atoms with Gasteiger partial charge in [-0.15, -0.1) is 0 Å². The molecule has 0 aromatic heterocycles. The van der Waals surface area contributed by atoms with Gasteiger partial charge in [0.2, 0.25) is 0 Å². The van der Waals surface area contributed by atoms with Crippen LogP contribution in [0, 0.1) is 0 Å². The van der Waals surface area contributed by atoms with Gasteiger partial charge in [0.1, 0.15) is 0 Å². The summed E-state index contributed by atoms with van der Waals surface area (Å²) in [5.41, 5.74) is 6.51. The second-order valence-electron chi connectivity index (χ2n) is 10.2. The Morgan fingerprint density at radius 1 is 0.548 bits per heavy atom. The topological polar surface area (TPSA) is 23.6 Å². The summed E-state index contributed by atoms with van der Waals surface area (Å²) in [6, 6.07) is 31.4. The van der Waals surface area contributed by atoms with E-state index in [2.05, 4.69) is 0 Å². The van der Waals surface area contributed by atoms with E-state index >= 15 is 0 Å². The van der Waals surface area contributed by atoms with Crippen LogP contribution in [0.15, 0.2) is 120 Å². The van der Waals surface area contributed by atoms with Gasteiger partial charge in [0.25, 0.3) is 0 Å². The van der Waals surface area contributed by atoms with Crippen LogP contribution in [0.2, 0.25) is 10.0 Å². The van der Waals surface area contributed by atoms with Crippen molar-refractivity contribution in [2.45, 2.75) is 0 Å². The van der Waals surface area contributed by atoms with Crippen molar-refractivity contribution in [3.63, 3.8) is 0 Å². The number of halogens is 2. The minimum absolute atomic E-state index is 0.130. The van der Waals surface area contributed by atoms with Crippen LogP contribution in [0.25, 0.3) is 24.3 Å². The molecule has 0 aliphatic heterocycles. The fourth-order valence-electron chi connectivity index (χ4n) is 4.36. The van der Waals surface area contributed by atoms with Crippen molar-refractivity contribution in [2.24, 2.45) is 0 Å². The molecule has 5 heteroatoms. The number of benzene rings is 4. The zero-order valence-electron chi connectivity index (χ0n) is 24.3. The number of anilines is 2. The van der Waals surface area contributed by atoms with Crippen molar-refractivity contribution in [3.8, 4) is 0 Å². The summed E-state index contributed by atoms with van der Waals surface area (Å²) in [6.45, 7) is 0. The maximum absolute atomic E-state index is 14.3. The number of carbonyl (C=O) groups is 1. The van der Waals surface area contributed by atoms with Crippen molar-refractivity contribution in [1.29, 1.82) is 0 Å². The van der Waals surface area contributed by atoms with Gasteiger partial charge in [0, 0.05) is 39.3 Å². The third-order valence-corrected chi connectivity index (χ3v) is 7.19. The molecule has 0 saturated carbocycles. The molecule has 212 valence electrons. The first kappa shape index (κ1) is 30.6. The van der Waals surface area contributed by atoms with Crippen molar-refractivity contribution in [3.05, 3.63) is 153 Å². The number of ketones is 1. The Morgan fingerprint density at radius 2 is 0.929 bits per heavy atom. The van der Waals surface area contributed by atoms with Crippen LogP contribution in [0.4, 0.5) is 11.4 Å². The van der Waals surface area contributed by atoms with Crippen LogP contribution >= 0.6 is 23.2 Å². The molecular weight excluding hydrogens is 559 g/mol. The first-order chi connectivity index (χ1) is 20.2.